The van der Waals surface area contributed by atoms with Gasteiger partial charge in [-0.15, -0.1) is 0 Å². The average molecular weight is 557 g/mol. The molecule has 0 aliphatic carbocycles. The van der Waals surface area contributed by atoms with Gasteiger partial charge in [-0.1, -0.05) is 34.1 Å². The molecule has 0 atom stereocenters. The molecule has 6 nitrogen and oxygen atoms in total. The lowest BCUT2D eigenvalue weighted by Crippen LogP contribution is -2.10. The van der Waals surface area contributed by atoms with Gasteiger partial charge in [0.05, 0.1) is 17.1 Å². The Labute approximate surface area is 200 Å². The number of methoxy groups -OCH3 is 1. The van der Waals surface area contributed by atoms with Gasteiger partial charge in [0.25, 0.3) is 0 Å². The van der Waals surface area contributed by atoms with Crippen LogP contribution in [0.4, 0.5) is 0 Å². The normalized spacial score (nSPS) is 14.2. The van der Waals surface area contributed by atoms with E-state index in [0.29, 0.717) is 26.9 Å². The molecule has 1 aliphatic rings. The van der Waals surface area contributed by atoms with Crippen molar-refractivity contribution in [3.63, 3.8) is 0 Å². The van der Waals surface area contributed by atoms with Crippen molar-refractivity contribution < 1.29 is 23.8 Å². The van der Waals surface area contributed by atoms with Crippen LogP contribution in [0.2, 0.25) is 0 Å². The summed E-state index contributed by atoms with van der Waals surface area (Å²) in [5.74, 6) is -0.0563. The first kappa shape index (κ1) is 22.0. The monoisotopic (exact) mass is 555 g/mol. The van der Waals surface area contributed by atoms with E-state index >= 15 is 0 Å². The van der Waals surface area contributed by atoms with Crippen LogP contribution in [0.15, 0.2) is 86.4 Å². The number of hydrogen-bond donors (Lipinski definition) is 0. The highest BCUT2D eigenvalue weighted by Crippen LogP contribution is 2.35. The van der Waals surface area contributed by atoms with Gasteiger partial charge in [0.15, 0.2) is 11.4 Å². The molecule has 3 aromatic rings. The van der Waals surface area contributed by atoms with Crippen LogP contribution in [0, 0.1) is 0 Å². The third-order valence-electron chi connectivity index (χ3n) is 4.49. The fourth-order valence-corrected chi connectivity index (χ4v) is 4.27. The predicted octanol–water partition coefficient (Wildman–Crippen LogP) is 5.78. The van der Waals surface area contributed by atoms with E-state index in [1.54, 1.807) is 55.6 Å². The Morgan fingerprint density at radius 3 is 2.44 bits per heavy atom. The molecule has 0 amide bonds. The Morgan fingerprint density at radius 2 is 1.75 bits per heavy atom. The van der Waals surface area contributed by atoms with Crippen molar-refractivity contribution in [2.75, 3.05) is 7.11 Å². The molecule has 0 radical (unpaired) electrons. The SMILES string of the molecule is COc1ccc(C(=O)Oc2c(Br)cc(Br)cc2/C=C2\N=C(c3ccccc3)OC2=O)cc1. The lowest BCUT2D eigenvalue weighted by molar-refractivity contribution is -0.129. The van der Waals surface area contributed by atoms with Crippen LogP contribution < -0.4 is 9.47 Å². The largest absolute Gasteiger partial charge is 0.497 e. The van der Waals surface area contributed by atoms with Crippen molar-refractivity contribution in [1.29, 1.82) is 0 Å². The number of benzene rings is 3. The molecular formula is C24H15Br2NO5. The molecule has 1 aliphatic heterocycles. The molecule has 0 N–H and O–H groups in total. The minimum atomic E-state index is -0.590. The molecule has 0 saturated heterocycles. The Balaban J connectivity index is 1.68. The first-order valence-corrected chi connectivity index (χ1v) is 11.0. The maximum atomic E-state index is 12.7. The third kappa shape index (κ3) is 4.81. The fourth-order valence-electron chi connectivity index (χ4n) is 2.93. The molecule has 160 valence electrons. The van der Waals surface area contributed by atoms with Gasteiger partial charge in [-0.2, -0.15) is 0 Å². The number of rotatable bonds is 5. The topological polar surface area (TPSA) is 74.2 Å². The number of carbonyl (C=O) groups excluding carboxylic acids is 2. The molecule has 0 saturated carbocycles. The number of halogens is 2. The van der Waals surface area contributed by atoms with Crippen molar-refractivity contribution in [3.05, 3.63) is 98.1 Å². The number of carbonyl (C=O) groups is 2. The maximum absolute atomic E-state index is 12.7. The lowest BCUT2D eigenvalue weighted by atomic mass is 10.1. The zero-order valence-electron chi connectivity index (χ0n) is 16.7. The first-order valence-electron chi connectivity index (χ1n) is 9.38. The predicted molar refractivity (Wildman–Crippen MR) is 127 cm³/mol. The molecule has 0 aromatic heterocycles. The lowest BCUT2D eigenvalue weighted by Gasteiger charge is -2.11. The van der Waals surface area contributed by atoms with Gasteiger partial charge in [0.1, 0.15) is 5.75 Å². The molecule has 0 spiro atoms. The smallest absolute Gasteiger partial charge is 0.363 e. The summed E-state index contributed by atoms with van der Waals surface area (Å²) in [6, 6.07) is 19.1. The summed E-state index contributed by atoms with van der Waals surface area (Å²) < 4.78 is 17.3. The molecule has 0 unspecified atom stereocenters. The molecule has 32 heavy (non-hydrogen) atoms. The van der Waals surface area contributed by atoms with Crippen LogP contribution in [-0.4, -0.2) is 24.9 Å². The summed E-state index contributed by atoms with van der Waals surface area (Å²) in [4.78, 5) is 29.4. The summed E-state index contributed by atoms with van der Waals surface area (Å²) in [7, 11) is 1.55. The van der Waals surface area contributed by atoms with E-state index in [0.717, 1.165) is 4.47 Å². The quantitative estimate of drug-likeness (QED) is 0.226. The van der Waals surface area contributed by atoms with Crippen molar-refractivity contribution in [3.8, 4) is 11.5 Å². The van der Waals surface area contributed by atoms with Crippen LogP contribution in [0.3, 0.4) is 0 Å². The van der Waals surface area contributed by atoms with E-state index in [-0.39, 0.29) is 17.3 Å². The number of ether oxygens (including phenoxy) is 3. The van der Waals surface area contributed by atoms with Crippen LogP contribution in [0.5, 0.6) is 11.5 Å². The van der Waals surface area contributed by atoms with E-state index in [2.05, 4.69) is 36.9 Å². The zero-order chi connectivity index (χ0) is 22.7. The first-order chi connectivity index (χ1) is 15.4. The summed E-state index contributed by atoms with van der Waals surface area (Å²) in [5, 5.41) is 0. The van der Waals surface area contributed by atoms with Gasteiger partial charge in [0, 0.05) is 15.6 Å². The Bertz CT molecular complexity index is 1250. The second-order valence-electron chi connectivity index (χ2n) is 6.63. The second kappa shape index (κ2) is 9.50. The van der Waals surface area contributed by atoms with Crippen LogP contribution in [0.1, 0.15) is 21.5 Å². The fraction of sp³-hybridized carbons (Fsp3) is 0.0417. The van der Waals surface area contributed by atoms with E-state index < -0.39 is 11.9 Å². The molecule has 8 heteroatoms. The second-order valence-corrected chi connectivity index (χ2v) is 8.40. The number of aliphatic imine (C=N–C) groups is 1. The van der Waals surface area contributed by atoms with Gasteiger partial charge in [-0.05, 0) is 70.5 Å². The van der Waals surface area contributed by atoms with Gasteiger partial charge in [0.2, 0.25) is 5.90 Å². The minimum absolute atomic E-state index is 0.0931. The van der Waals surface area contributed by atoms with Crippen molar-refractivity contribution in [2.24, 2.45) is 4.99 Å². The Hall–Kier alpha value is -3.23. The number of cyclic esters (lactones) is 1. The minimum Gasteiger partial charge on any atom is -0.497 e. The highest BCUT2D eigenvalue weighted by atomic mass is 79.9. The Kier molecular flexibility index (Phi) is 6.53. The molecule has 0 bridgehead atoms. The molecular weight excluding hydrogens is 542 g/mol. The molecule has 3 aromatic carbocycles. The highest BCUT2D eigenvalue weighted by Gasteiger charge is 2.25. The van der Waals surface area contributed by atoms with Crippen molar-refractivity contribution in [1.82, 2.24) is 0 Å². The summed E-state index contributed by atoms with van der Waals surface area (Å²) >= 11 is 6.85. The van der Waals surface area contributed by atoms with Crippen LogP contribution in [-0.2, 0) is 9.53 Å². The van der Waals surface area contributed by atoms with Gasteiger partial charge in [-0.3, -0.25) is 0 Å². The molecule has 0 fully saturated rings. The summed E-state index contributed by atoms with van der Waals surface area (Å²) in [6.07, 6.45) is 1.52. The molecule has 1 heterocycles. The Morgan fingerprint density at radius 1 is 1.03 bits per heavy atom. The van der Waals surface area contributed by atoms with E-state index in [1.165, 1.54) is 6.08 Å². The van der Waals surface area contributed by atoms with Crippen LogP contribution in [0.25, 0.3) is 6.08 Å². The number of hydrogen-bond acceptors (Lipinski definition) is 6. The molecule has 4 rings (SSSR count). The van der Waals surface area contributed by atoms with Gasteiger partial charge >= 0.3 is 11.9 Å². The average Bonchev–Trinajstić information content (AvgIpc) is 3.16. The summed E-state index contributed by atoms with van der Waals surface area (Å²) in [6.45, 7) is 0. The summed E-state index contributed by atoms with van der Waals surface area (Å²) in [5.41, 5.74) is 1.60. The van der Waals surface area contributed by atoms with Gasteiger partial charge in [-0.25, -0.2) is 14.6 Å². The highest BCUT2D eigenvalue weighted by molar-refractivity contribution is 9.11. The van der Waals surface area contributed by atoms with E-state index in [1.807, 2.05) is 18.2 Å². The van der Waals surface area contributed by atoms with Crippen LogP contribution >= 0.6 is 31.9 Å². The number of esters is 2. The van der Waals surface area contributed by atoms with Gasteiger partial charge < -0.3 is 14.2 Å². The zero-order valence-corrected chi connectivity index (χ0v) is 19.8. The third-order valence-corrected chi connectivity index (χ3v) is 5.54. The van der Waals surface area contributed by atoms with Crippen molar-refractivity contribution in [2.45, 2.75) is 0 Å². The standard InChI is InChI=1S/C24H15Br2NO5/c1-30-18-9-7-15(8-10-18)23(28)31-21-16(11-17(25)13-19(21)26)12-20-24(29)32-22(27-20)14-5-3-2-4-6-14/h2-13H,1H3/b20-12-. The van der Waals surface area contributed by atoms with E-state index in [4.69, 9.17) is 14.2 Å². The van der Waals surface area contributed by atoms with E-state index in [9.17, 15) is 9.59 Å². The number of nitrogens with zero attached hydrogens (tertiary/aromatic N) is 1. The van der Waals surface area contributed by atoms with Crippen molar-refractivity contribution >= 4 is 55.8 Å². The maximum Gasteiger partial charge on any atom is 0.363 e.